The van der Waals surface area contributed by atoms with Crippen LogP contribution in [0, 0.1) is 0 Å². The van der Waals surface area contributed by atoms with Crippen molar-refractivity contribution in [1.29, 1.82) is 0 Å². The zero-order valence-corrected chi connectivity index (χ0v) is 13.6. The third kappa shape index (κ3) is 3.94. The summed E-state index contributed by atoms with van der Waals surface area (Å²) in [7, 11) is 0. The highest BCUT2D eigenvalue weighted by molar-refractivity contribution is 5.97. The lowest BCUT2D eigenvalue weighted by Crippen LogP contribution is -2.27. The normalized spacial score (nSPS) is 12.7. The highest BCUT2D eigenvalue weighted by atomic mass is 16.5. The van der Waals surface area contributed by atoms with E-state index in [9.17, 15) is 9.59 Å². The topological polar surface area (TPSA) is 111 Å². The molecule has 122 valence electrons. The Hall–Kier alpha value is -2.70. The lowest BCUT2D eigenvalue weighted by Gasteiger charge is -2.12. The van der Waals surface area contributed by atoms with Crippen molar-refractivity contribution in [3.8, 4) is 0 Å². The number of nitrogens with two attached hydrogens (primary N) is 1. The van der Waals surface area contributed by atoms with Crippen LogP contribution in [0.4, 0.5) is 0 Å². The maximum atomic E-state index is 12.2. The van der Waals surface area contributed by atoms with Gasteiger partial charge >= 0.3 is 0 Å². The van der Waals surface area contributed by atoms with Crippen LogP contribution in [0.15, 0.2) is 28.8 Å². The number of carbonyl (C=O) groups excluding carboxylic acids is 2. The van der Waals surface area contributed by atoms with Gasteiger partial charge in [-0.3, -0.25) is 9.59 Å². The number of amides is 2. The number of primary amides is 1. The van der Waals surface area contributed by atoms with Crippen molar-refractivity contribution >= 4 is 11.8 Å². The van der Waals surface area contributed by atoms with Crippen LogP contribution in [0.5, 0.6) is 0 Å². The van der Waals surface area contributed by atoms with Crippen LogP contribution in [-0.2, 0) is 5.41 Å². The Kier molecular flexibility index (Phi) is 4.49. The molecule has 23 heavy (non-hydrogen) atoms. The largest absolute Gasteiger partial charge is 0.366 e. The van der Waals surface area contributed by atoms with Gasteiger partial charge in [0.1, 0.15) is 6.04 Å². The quantitative estimate of drug-likeness (QED) is 0.895. The second-order valence-corrected chi connectivity index (χ2v) is 6.34. The Morgan fingerprint density at radius 1 is 1.17 bits per heavy atom. The van der Waals surface area contributed by atoms with Crippen molar-refractivity contribution in [1.82, 2.24) is 15.5 Å². The molecule has 2 rings (SSSR count). The van der Waals surface area contributed by atoms with Crippen LogP contribution in [-0.4, -0.2) is 22.0 Å². The van der Waals surface area contributed by atoms with Gasteiger partial charge in [-0.2, -0.15) is 4.98 Å². The monoisotopic (exact) mass is 316 g/mol. The third-order valence-electron chi connectivity index (χ3n) is 3.26. The van der Waals surface area contributed by atoms with E-state index in [1.165, 1.54) is 24.3 Å². The maximum absolute atomic E-state index is 12.2. The molecule has 0 aliphatic rings. The first-order valence-electron chi connectivity index (χ1n) is 7.23. The summed E-state index contributed by atoms with van der Waals surface area (Å²) in [6.07, 6.45) is 0. The first-order chi connectivity index (χ1) is 10.7. The van der Waals surface area contributed by atoms with Gasteiger partial charge in [-0.05, 0) is 31.2 Å². The smallest absolute Gasteiger partial charge is 0.251 e. The molecule has 7 heteroatoms. The summed E-state index contributed by atoms with van der Waals surface area (Å²) in [4.78, 5) is 27.5. The van der Waals surface area contributed by atoms with Crippen molar-refractivity contribution in [2.75, 3.05) is 0 Å². The molecular weight excluding hydrogens is 296 g/mol. The Morgan fingerprint density at radius 2 is 1.74 bits per heavy atom. The predicted molar refractivity (Wildman–Crippen MR) is 83.8 cm³/mol. The fourth-order valence-electron chi connectivity index (χ4n) is 1.84. The summed E-state index contributed by atoms with van der Waals surface area (Å²) >= 11 is 0. The van der Waals surface area contributed by atoms with Crippen LogP contribution < -0.4 is 11.1 Å². The summed E-state index contributed by atoms with van der Waals surface area (Å²) in [5.74, 6) is 0.0892. The first kappa shape index (κ1) is 16.7. The molecule has 1 atom stereocenters. The molecule has 1 aromatic carbocycles. The SMILES string of the molecule is CC(NC(=O)c1ccc(C(N)=O)cc1)c1nc(C(C)(C)C)no1. The summed E-state index contributed by atoms with van der Waals surface area (Å²) in [6, 6.07) is 5.66. The fraction of sp³-hybridized carbons (Fsp3) is 0.375. The van der Waals surface area contributed by atoms with Gasteiger partial charge in [0.2, 0.25) is 11.8 Å². The van der Waals surface area contributed by atoms with Crippen molar-refractivity contribution in [3.05, 3.63) is 47.1 Å². The van der Waals surface area contributed by atoms with Gasteiger partial charge in [0.25, 0.3) is 5.91 Å². The molecular formula is C16H20N4O3. The highest BCUT2D eigenvalue weighted by Crippen LogP contribution is 2.20. The molecule has 0 saturated carbocycles. The molecule has 0 saturated heterocycles. The van der Waals surface area contributed by atoms with Gasteiger partial charge in [0.15, 0.2) is 5.82 Å². The third-order valence-corrected chi connectivity index (χ3v) is 3.26. The highest BCUT2D eigenvalue weighted by Gasteiger charge is 2.24. The predicted octanol–water partition coefficient (Wildman–Crippen LogP) is 1.96. The van der Waals surface area contributed by atoms with E-state index >= 15 is 0 Å². The molecule has 2 amide bonds. The number of hydrogen-bond donors (Lipinski definition) is 2. The minimum absolute atomic E-state index is 0.226. The Balaban J connectivity index is 2.07. The maximum Gasteiger partial charge on any atom is 0.251 e. The van der Waals surface area contributed by atoms with E-state index in [1.807, 2.05) is 20.8 Å². The summed E-state index contributed by atoms with van der Waals surface area (Å²) in [5, 5.41) is 6.71. The zero-order chi connectivity index (χ0) is 17.2. The van der Waals surface area contributed by atoms with E-state index in [0.29, 0.717) is 22.8 Å². The second kappa shape index (κ2) is 6.20. The molecule has 0 aliphatic carbocycles. The molecule has 7 nitrogen and oxygen atoms in total. The van der Waals surface area contributed by atoms with E-state index in [1.54, 1.807) is 6.92 Å². The van der Waals surface area contributed by atoms with Gasteiger partial charge in [-0.25, -0.2) is 0 Å². The van der Waals surface area contributed by atoms with Gasteiger partial charge in [0.05, 0.1) is 0 Å². The zero-order valence-electron chi connectivity index (χ0n) is 13.6. The van der Waals surface area contributed by atoms with E-state index < -0.39 is 11.9 Å². The average Bonchev–Trinajstić information content (AvgIpc) is 2.97. The number of nitrogens with zero attached hydrogens (tertiary/aromatic N) is 2. The molecule has 1 heterocycles. The van der Waals surface area contributed by atoms with Crippen LogP contribution in [0.1, 0.15) is 66.2 Å². The van der Waals surface area contributed by atoms with Crippen molar-refractivity contribution in [3.63, 3.8) is 0 Å². The number of hydrogen-bond acceptors (Lipinski definition) is 5. The summed E-state index contributed by atoms with van der Waals surface area (Å²) in [5.41, 5.74) is 5.70. The number of nitrogens with one attached hydrogen (secondary N) is 1. The number of rotatable bonds is 4. The second-order valence-electron chi connectivity index (χ2n) is 6.34. The number of benzene rings is 1. The van der Waals surface area contributed by atoms with Crippen molar-refractivity contribution in [2.24, 2.45) is 5.73 Å². The molecule has 2 aromatic rings. The summed E-state index contributed by atoms with van der Waals surface area (Å²) in [6.45, 7) is 7.69. The molecule has 1 aromatic heterocycles. The summed E-state index contributed by atoms with van der Waals surface area (Å²) < 4.78 is 5.20. The standard InChI is InChI=1S/C16H20N4O3/c1-9(14-19-15(20-23-14)16(2,3)4)18-13(22)11-7-5-10(6-8-11)12(17)21/h5-9H,1-4H3,(H2,17,21)(H,18,22). The van der Waals surface area contributed by atoms with E-state index in [-0.39, 0.29) is 11.3 Å². The van der Waals surface area contributed by atoms with E-state index in [2.05, 4.69) is 15.5 Å². The van der Waals surface area contributed by atoms with Crippen LogP contribution in [0.3, 0.4) is 0 Å². The Bertz CT molecular complexity index is 714. The minimum Gasteiger partial charge on any atom is -0.366 e. The average molecular weight is 316 g/mol. The fourth-order valence-corrected chi connectivity index (χ4v) is 1.84. The molecule has 0 fully saturated rings. The Labute approximate surface area is 134 Å². The van der Waals surface area contributed by atoms with Gasteiger partial charge < -0.3 is 15.6 Å². The van der Waals surface area contributed by atoms with E-state index in [4.69, 9.17) is 10.3 Å². The van der Waals surface area contributed by atoms with E-state index in [0.717, 1.165) is 0 Å². The van der Waals surface area contributed by atoms with Gasteiger partial charge in [-0.15, -0.1) is 0 Å². The minimum atomic E-state index is -0.536. The van der Waals surface area contributed by atoms with Crippen molar-refractivity contribution in [2.45, 2.75) is 39.2 Å². The molecule has 3 N–H and O–H groups in total. The Morgan fingerprint density at radius 3 is 2.22 bits per heavy atom. The first-order valence-corrected chi connectivity index (χ1v) is 7.23. The van der Waals surface area contributed by atoms with Gasteiger partial charge in [-0.1, -0.05) is 25.9 Å². The lowest BCUT2D eigenvalue weighted by molar-refractivity contribution is 0.0930. The molecule has 1 unspecified atom stereocenters. The lowest BCUT2D eigenvalue weighted by atomic mass is 9.96. The molecule has 0 radical (unpaired) electrons. The molecule has 0 spiro atoms. The molecule has 0 bridgehead atoms. The van der Waals surface area contributed by atoms with Crippen LogP contribution >= 0.6 is 0 Å². The molecule has 0 aliphatic heterocycles. The van der Waals surface area contributed by atoms with Crippen LogP contribution in [0.2, 0.25) is 0 Å². The number of aromatic nitrogens is 2. The van der Waals surface area contributed by atoms with Gasteiger partial charge in [0, 0.05) is 16.5 Å². The van der Waals surface area contributed by atoms with Crippen LogP contribution in [0.25, 0.3) is 0 Å². The van der Waals surface area contributed by atoms with Crippen molar-refractivity contribution < 1.29 is 14.1 Å². The number of carbonyl (C=O) groups is 2.